The van der Waals surface area contributed by atoms with Crippen LogP contribution in [0.25, 0.3) is 11.4 Å². The molecule has 0 amide bonds. The van der Waals surface area contributed by atoms with Crippen molar-refractivity contribution in [1.82, 2.24) is 15.3 Å². The molecule has 0 unspecified atom stereocenters. The summed E-state index contributed by atoms with van der Waals surface area (Å²) in [5, 5.41) is 25.9. The summed E-state index contributed by atoms with van der Waals surface area (Å²) in [5.41, 5.74) is 1.13. The van der Waals surface area contributed by atoms with Gasteiger partial charge in [0.25, 0.3) is 0 Å². The first kappa shape index (κ1) is 22.4. The highest BCUT2D eigenvalue weighted by Crippen LogP contribution is 2.28. The first-order valence-corrected chi connectivity index (χ1v) is 10.4. The van der Waals surface area contributed by atoms with Crippen LogP contribution < -0.4 is 15.5 Å². The lowest BCUT2D eigenvalue weighted by Gasteiger charge is -2.35. The third kappa shape index (κ3) is 5.63. The molecule has 30 heavy (non-hydrogen) atoms. The Morgan fingerprint density at radius 2 is 2.03 bits per heavy atom. The van der Waals surface area contributed by atoms with Gasteiger partial charge in [0.05, 0.1) is 31.6 Å². The molecule has 4 N–H and O–H groups in total. The molecule has 1 aromatic carbocycles. The molecule has 3 rings (SSSR count). The fraction of sp³-hybridized carbons (Fsp3) is 0.476. The molecule has 0 radical (unpaired) electrons. The Labute approximate surface area is 182 Å². The summed E-state index contributed by atoms with van der Waals surface area (Å²) in [6.45, 7) is 7.97. The maximum absolute atomic E-state index is 10.6. The Kier molecular flexibility index (Phi) is 7.19. The van der Waals surface area contributed by atoms with E-state index in [4.69, 9.17) is 27.0 Å². The van der Waals surface area contributed by atoms with Gasteiger partial charge in [-0.2, -0.15) is 0 Å². The van der Waals surface area contributed by atoms with Gasteiger partial charge in [0.1, 0.15) is 11.4 Å². The van der Waals surface area contributed by atoms with Gasteiger partial charge in [-0.25, -0.2) is 9.97 Å². The number of benzene rings is 1. The van der Waals surface area contributed by atoms with Crippen molar-refractivity contribution in [3.8, 4) is 11.4 Å². The fourth-order valence-electron chi connectivity index (χ4n) is 3.14. The summed E-state index contributed by atoms with van der Waals surface area (Å²) >= 11 is 5.18. The number of aliphatic hydroxyl groups is 2. The van der Waals surface area contributed by atoms with Crippen LogP contribution in [0, 0.1) is 0 Å². The molecule has 1 aromatic heterocycles. The highest BCUT2D eigenvalue weighted by Gasteiger charge is 2.25. The van der Waals surface area contributed by atoms with Gasteiger partial charge in [-0.15, -0.1) is 0 Å². The summed E-state index contributed by atoms with van der Waals surface area (Å²) in [6, 6.07) is 9.64. The van der Waals surface area contributed by atoms with E-state index in [-0.39, 0.29) is 12.6 Å². The lowest BCUT2D eigenvalue weighted by atomic mass is 10.0. The number of nitrogens with one attached hydrogen (secondary N) is 2. The summed E-state index contributed by atoms with van der Waals surface area (Å²) in [5.74, 6) is 1.33. The zero-order valence-electron chi connectivity index (χ0n) is 17.6. The SMILES string of the molecule is C[C@H]1COCCN1c1cc(C(C)(C)O)nc(-c2ccc(NC(=S)NCCO)cc2)n1. The number of ether oxygens (including phenoxy) is 1. The maximum Gasteiger partial charge on any atom is 0.170 e. The van der Waals surface area contributed by atoms with Crippen molar-refractivity contribution in [3.05, 3.63) is 36.0 Å². The van der Waals surface area contributed by atoms with E-state index in [1.807, 2.05) is 30.3 Å². The molecule has 0 bridgehead atoms. The van der Waals surface area contributed by atoms with Crippen molar-refractivity contribution in [3.63, 3.8) is 0 Å². The molecule has 0 aliphatic carbocycles. The van der Waals surface area contributed by atoms with Crippen molar-refractivity contribution in [1.29, 1.82) is 0 Å². The van der Waals surface area contributed by atoms with Crippen LogP contribution in [0.4, 0.5) is 11.5 Å². The van der Waals surface area contributed by atoms with Crippen molar-refractivity contribution >= 4 is 28.8 Å². The fourth-order valence-corrected chi connectivity index (χ4v) is 3.36. The van der Waals surface area contributed by atoms with Crippen LogP contribution >= 0.6 is 12.2 Å². The zero-order valence-corrected chi connectivity index (χ0v) is 18.4. The molecule has 2 heterocycles. The molecule has 162 valence electrons. The van der Waals surface area contributed by atoms with Gasteiger partial charge in [0, 0.05) is 30.4 Å². The quantitative estimate of drug-likeness (QED) is 0.511. The number of thiocarbonyl (C=S) groups is 1. The number of aromatic nitrogens is 2. The predicted molar refractivity (Wildman–Crippen MR) is 122 cm³/mol. The average molecular weight is 432 g/mol. The van der Waals surface area contributed by atoms with E-state index in [9.17, 15) is 5.11 Å². The Morgan fingerprint density at radius 3 is 2.67 bits per heavy atom. The molecule has 2 aromatic rings. The Bertz CT molecular complexity index is 870. The first-order chi connectivity index (χ1) is 14.3. The highest BCUT2D eigenvalue weighted by molar-refractivity contribution is 7.80. The molecular formula is C21H29N5O3S. The van der Waals surface area contributed by atoms with E-state index in [1.165, 1.54) is 0 Å². The second-order valence-corrected chi connectivity index (χ2v) is 8.20. The summed E-state index contributed by atoms with van der Waals surface area (Å²) in [4.78, 5) is 11.6. The third-order valence-electron chi connectivity index (χ3n) is 4.80. The molecule has 1 saturated heterocycles. The molecule has 1 aliphatic rings. The summed E-state index contributed by atoms with van der Waals surface area (Å²) in [6.07, 6.45) is 0. The summed E-state index contributed by atoms with van der Waals surface area (Å²) in [7, 11) is 0. The second-order valence-electron chi connectivity index (χ2n) is 7.79. The molecule has 9 heteroatoms. The molecule has 1 aliphatic heterocycles. The Hall–Kier alpha value is -2.33. The lowest BCUT2D eigenvalue weighted by Crippen LogP contribution is -2.44. The van der Waals surface area contributed by atoms with Crippen LogP contribution in [0.2, 0.25) is 0 Å². The monoisotopic (exact) mass is 431 g/mol. The van der Waals surface area contributed by atoms with Gasteiger partial charge in [0.15, 0.2) is 10.9 Å². The van der Waals surface area contributed by atoms with Crippen molar-refractivity contribution in [2.45, 2.75) is 32.4 Å². The van der Waals surface area contributed by atoms with Crippen molar-refractivity contribution in [2.75, 3.05) is 43.1 Å². The average Bonchev–Trinajstić information content (AvgIpc) is 2.72. The normalized spacial score (nSPS) is 17.0. The molecule has 1 fully saturated rings. The standard InChI is InChI=1S/C21H29N5O3S/c1-14-13-29-11-9-26(14)18-12-17(21(2,3)28)24-19(25-18)15-4-6-16(7-5-15)23-20(30)22-8-10-27/h4-7,12,14,27-28H,8-11,13H2,1-3H3,(H2,22,23,30)/t14-/m0/s1. The van der Waals surface area contributed by atoms with Crippen LogP contribution in [0.1, 0.15) is 26.5 Å². The minimum atomic E-state index is -1.09. The van der Waals surface area contributed by atoms with E-state index < -0.39 is 5.60 Å². The van der Waals surface area contributed by atoms with Crippen LogP contribution in [0.15, 0.2) is 30.3 Å². The van der Waals surface area contributed by atoms with Gasteiger partial charge >= 0.3 is 0 Å². The third-order valence-corrected chi connectivity index (χ3v) is 5.05. The largest absolute Gasteiger partial charge is 0.395 e. The van der Waals surface area contributed by atoms with Crippen LogP contribution in [-0.2, 0) is 10.3 Å². The number of morpholine rings is 1. The van der Waals surface area contributed by atoms with Gasteiger partial charge < -0.3 is 30.5 Å². The number of hydrogen-bond donors (Lipinski definition) is 4. The molecule has 1 atom stereocenters. The lowest BCUT2D eigenvalue weighted by molar-refractivity contribution is 0.0736. The number of aliphatic hydroxyl groups excluding tert-OH is 1. The van der Waals surface area contributed by atoms with Crippen molar-refractivity contribution < 1.29 is 14.9 Å². The van der Waals surface area contributed by atoms with Crippen LogP contribution in [-0.4, -0.2) is 64.2 Å². The molecular weight excluding hydrogens is 402 g/mol. The van der Waals surface area contributed by atoms with E-state index >= 15 is 0 Å². The smallest absolute Gasteiger partial charge is 0.170 e. The van der Waals surface area contributed by atoms with Gasteiger partial charge in [-0.3, -0.25) is 0 Å². The Balaban J connectivity index is 1.89. The van der Waals surface area contributed by atoms with Gasteiger partial charge in [0.2, 0.25) is 0 Å². The predicted octanol–water partition coefficient (Wildman–Crippen LogP) is 1.87. The van der Waals surface area contributed by atoms with E-state index in [1.54, 1.807) is 13.8 Å². The highest BCUT2D eigenvalue weighted by atomic mass is 32.1. The number of rotatable bonds is 6. The van der Waals surface area contributed by atoms with Gasteiger partial charge in [-0.05, 0) is 57.3 Å². The first-order valence-electron chi connectivity index (χ1n) is 10.0. The maximum atomic E-state index is 10.6. The van der Waals surface area contributed by atoms with E-state index in [2.05, 4.69) is 27.4 Å². The number of nitrogens with zero attached hydrogens (tertiary/aromatic N) is 3. The minimum absolute atomic E-state index is 0.0136. The van der Waals surface area contributed by atoms with Crippen LogP contribution in [0.5, 0.6) is 0 Å². The van der Waals surface area contributed by atoms with Gasteiger partial charge in [-0.1, -0.05) is 0 Å². The number of hydrogen-bond acceptors (Lipinski definition) is 7. The van der Waals surface area contributed by atoms with E-state index in [0.717, 1.165) is 23.6 Å². The zero-order chi connectivity index (χ0) is 21.7. The molecule has 8 nitrogen and oxygen atoms in total. The summed E-state index contributed by atoms with van der Waals surface area (Å²) < 4.78 is 5.54. The molecule has 0 saturated carbocycles. The second kappa shape index (κ2) is 9.65. The Morgan fingerprint density at radius 1 is 1.30 bits per heavy atom. The minimum Gasteiger partial charge on any atom is -0.395 e. The topological polar surface area (TPSA) is 103 Å². The van der Waals surface area contributed by atoms with E-state index in [0.29, 0.717) is 36.4 Å². The van der Waals surface area contributed by atoms with Crippen LogP contribution in [0.3, 0.4) is 0 Å². The number of anilines is 2. The van der Waals surface area contributed by atoms with Crippen molar-refractivity contribution in [2.24, 2.45) is 0 Å². The molecule has 0 spiro atoms.